The van der Waals surface area contributed by atoms with E-state index < -0.39 is 5.60 Å². The van der Waals surface area contributed by atoms with Gasteiger partial charge in [0.05, 0.1) is 17.7 Å². The monoisotopic (exact) mass is 410 g/mol. The summed E-state index contributed by atoms with van der Waals surface area (Å²) in [5, 5.41) is 0. The number of hydrogen-bond donors (Lipinski definition) is 0. The largest absolute Gasteiger partial charge is 0.459 e. The molecule has 2 atom stereocenters. The van der Waals surface area contributed by atoms with Crippen molar-refractivity contribution < 1.29 is 18.7 Å². The van der Waals surface area contributed by atoms with Crippen LogP contribution in [0.4, 0.5) is 4.39 Å². The van der Waals surface area contributed by atoms with E-state index >= 15 is 0 Å². The highest BCUT2D eigenvalue weighted by molar-refractivity contribution is 5.84. The molecule has 2 aliphatic heterocycles. The highest BCUT2D eigenvalue weighted by Gasteiger charge is 2.42. The van der Waals surface area contributed by atoms with Crippen LogP contribution in [0.1, 0.15) is 57.0 Å². The van der Waals surface area contributed by atoms with E-state index in [2.05, 4.69) is 0 Å². The van der Waals surface area contributed by atoms with Gasteiger partial charge in [-0.3, -0.25) is 14.6 Å². The first-order chi connectivity index (χ1) is 14.2. The predicted molar refractivity (Wildman–Crippen MR) is 111 cm³/mol. The molecule has 0 unspecified atom stereocenters. The minimum Gasteiger partial charge on any atom is -0.459 e. The first kappa shape index (κ1) is 20.5. The molecular formula is C24H27FN2O3. The predicted octanol–water partition coefficient (Wildman–Crippen LogP) is 4.59. The summed E-state index contributed by atoms with van der Waals surface area (Å²) in [4.78, 5) is 31.8. The lowest BCUT2D eigenvalue weighted by atomic mass is 9.94. The molecule has 158 valence electrons. The van der Waals surface area contributed by atoms with Gasteiger partial charge in [0, 0.05) is 25.1 Å². The van der Waals surface area contributed by atoms with E-state index in [0.717, 1.165) is 35.4 Å². The van der Waals surface area contributed by atoms with Gasteiger partial charge in [-0.25, -0.2) is 4.39 Å². The van der Waals surface area contributed by atoms with Gasteiger partial charge in [0.2, 0.25) is 5.91 Å². The van der Waals surface area contributed by atoms with Gasteiger partial charge in [-0.2, -0.15) is 0 Å². The van der Waals surface area contributed by atoms with Crippen LogP contribution in [0.3, 0.4) is 0 Å². The quantitative estimate of drug-likeness (QED) is 0.692. The molecule has 5 nitrogen and oxygen atoms in total. The number of hydrogen-bond acceptors (Lipinski definition) is 4. The lowest BCUT2D eigenvalue weighted by Crippen LogP contribution is -2.33. The molecule has 0 saturated carbocycles. The zero-order valence-corrected chi connectivity index (χ0v) is 17.7. The first-order valence-electron chi connectivity index (χ1n) is 10.5. The molecule has 0 spiro atoms. The molecule has 3 heterocycles. The fourth-order valence-electron chi connectivity index (χ4n) is 4.60. The SMILES string of the molecule is Cc1cc(-c2ccc(F)cc2)cc([C@H]2CCCN2C(=O)C[C@@H]2CC(C)(C)OC2=O)n1. The Balaban J connectivity index is 1.55. The van der Waals surface area contributed by atoms with Crippen molar-refractivity contribution in [2.24, 2.45) is 5.92 Å². The zero-order chi connectivity index (χ0) is 21.5. The summed E-state index contributed by atoms with van der Waals surface area (Å²) in [5.41, 5.74) is 3.06. The molecular weight excluding hydrogens is 383 g/mol. The topological polar surface area (TPSA) is 59.5 Å². The van der Waals surface area contributed by atoms with E-state index in [1.54, 1.807) is 12.1 Å². The molecule has 0 aliphatic carbocycles. The average molecular weight is 410 g/mol. The molecule has 0 bridgehead atoms. The summed E-state index contributed by atoms with van der Waals surface area (Å²) in [6.45, 7) is 6.34. The van der Waals surface area contributed by atoms with Crippen LogP contribution in [-0.2, 0) is 14.3 Å². The third-order valence-electron chi connectivity index (χ3n) is 5.93. The normalized spacial score (nSPS) is 22.9. The number of aryl methyl sites for hydroxylation is 1. The average Bonchev–Trinajstić information content (AvgIpc) is 3.26. The Labute approximate surface area is 176 Å². The summed E-state index contributed by atoms with van der Waals surface area (Å²) >= 11 is 0. The van der Waals surface area contributed by atoms with E-state index in [1.807, 2.05) is 37.8 Å². The Kier molecular flexibility index (Phi) is 5.35. The minimum absolute atomic E-state index is 0.0243. The molecule has 0 radical (unpaired) electrons. The van der Waals surface area contributed by atoms with Crippen molar-refractivity contribution in [1.29, 1.82) is 0 Å². The number of likely N-dealkylation sites (tertiary alicyclic amines) is 1. The fraction of sp³-hybridized carbons (Fsp3) is 0.458. The number of ether oxygens (including phenoxy) is 1. The smallest absolute Gasteiger partial charge is 0.310 e. The van der Waals surface area contributed by atoms with Crippen LogP contribution in [-0.4, -0.2) is 33.9 Å². The van der Waals surface area contributed by atoms with Gasteiger partial charge >= 0.3 is 5.97 Å². The number of esters is 1. The van der Waals surface area contributed by atoms with Gasteiger partial charge in [0.1, 0.15) is 11.4 Å². The van der Waals surface area contributed by atoms with Gasteiger partial charge in [-0.05, 0) is 69.0 Å². The number of cyclic esters (lactones) is 1. The first-order valence-corrected chi connectivity index (χ1v) is 10.5. The molecule has 1 amide bonds. The van der Waals surface area contributed by atoms with Crippen LogP contribution in [0.25, 0.3) is 11.1 Å². The Bertz CT molecular complexity index is 971. The third-order valence-corrected chi connectivity index (χ3v) is 5.93. The fourth-order valence-corrected chi connectivity index (χ4v) is 4.60. The molecule has 1 aromatic heterocycles. The number of pyridine rings is 1. The second-order valence-corrected chi connectivity index (χ2v) is 8.96. The second kappa shape index (κ2) is 7.82. The zero-order valence-electron chi connectivity index (χ0n) is 17.7. The van der Waals surface area contributed by atoms with Crippen molar-refractivity contribution in [3.8, 4) is 11.1 Å². The van der Waals surface area contributed by atoms with Crippen LogP contribution in [0, 0.1) is 18.7 Å². The third kappa shape index (κ3) is 4.23. The maximum Gasteiger partial charge on any atom is 0.310 e. The molecule has 2 aliphatic rings. The number of amides is 1. The van der Waals surface area contributed by atoms with Gasteiger partial charge in [-0.1, -0.05) is 12.1 Å². The van der Waals surface area contributed by atoms with E-state index in [9.17, 15) is 14.0 Å². The Morgan fingerprint density at radius 1 is 1.23 bits per heavy atom. The lowest BCUT2D eigenvalue weighted by molar-refractivity contribution is -0.150. The number of carbonyl (C=O) groups is 2. The Morgan fingerprint density at radius 3 is 2.63 bits per heavy atom. The van der Waals surface area contributed by atoms with E-state index in [-0.39, 0.29) is 36.1 Å². The molecule has 30 heavy (non-hydrogen) atoms. The molecule has 6 heteroatoms. The molecule has 2 aromatic rings. The molecule has 4 rings (SSSR count). The number of nitrogens with zero attached hydrogens (tertiary/aromatic N) is 2. The highest BCUT2D eigenvalue weighted by Crippen LogP contribution is 2.37. The number of rotatable bonds is 4. The summed E-state index contributed by atoms with van der Waals surface area (Å²) < 4.78 is 18.7. The van der Waals surface area contributed by atoms with Crippen molar-refractivity contribution >= 4 is 11.9 Å². The van der Waals surface area contributed by atoms with Crippen LogP contribution < -0.4 is 0 Å². The van der Waals surface area contributed by atoms with Crippen LogP contribution in [0.15, 0.2) is 36.4 Å². The number of carbonyl (C=O) groups excluding carboxylic acids is 2. The maximum absolute atomic E-state index is 13.3. The number of aromatic nitrogens is 1. The summed E-state index contributed by atoms with van der Waals surface area (Å²) in [6.07, 6.45) is 2.48. The van der Waals surface area contributed by atoms with Gasteiger partial charge in [0.25, 0.3) is 0 Å². The lowest BCUT2D eigenvalue weighted by Gasteiger charge is -2.26. The van der Waals surface area contributed by atoms with Crippen molar-refractivity contribution in [3.63, 3.8) is 0 Å². The second-order valence-electron chi connectivity index (χ2n) is 8.96. The van der Waals surface area contributed by atoms with Gasteiger partial charge in [0.15, 0.2) is 0 Å². The van der Waals surface area contributed by atoms with Crippen LogP contribution >= 0.6 is 0 Å². The van der Waals surface area contributed by atoms with Crippen molar-refractivity contribution in [1.82, 2.24) is 9.88 Å². The van der Waals surface area contributed by atoms with Gasteiger partial charge < -0.3 is 9.64 Å². The summed E-state index contributed by atoms with van der Waals surface area (Å²) in [6, 6.07) is 10.2. The maximum atomic E-state index is 13.3. The Morgan fingerprint density at radius 2 is 1.97 bits per heavy atom. The Hall–Kier alpha value is -2.76. The highest BCUT2D eigenvalue weighted by atomic mass is 19.1. The van der Waals surface area contributed by atoms with E-state index in [1.165, 1.54) is 12.1 Å². The standard InChI is InChI=1S/C24H27FN2O3/c1-15-11-17(16-6-8-19(25)9-7-16)12-20(26-15)21-5-4-10-27(21)22(28)13-18-14-24(2,3)30-23(18)29/h6-9,11-12,18,21H,4-5,10,13-14H2,1-3H3/t18-,21-/m1/s1. The van der Waals surface area contributed by atoms with Crippen molar-refractivity contribution in [3.05, 3.63) is 53.6 Å². The van der Waals surface area contributed by atoms with Crippen LogP contribution in [0.5, 0.6) is 0 Å². The summed E-state index contributed by atoms with van der Waals surface area (Å²) in [5.74, 6) is -0.958. The van der Waals surface area contributed by atoms with E-state index in [0.29, 0.717) is 13.0 Å². The van der Waals surface area contributed by atoms with Crippen LogP contribution in [0.2, 0.25) is 0 Å². The van der Waals surface area contributed by atoms with Crippen molar-refractivity contribution in [2.45, 2.75) is 58.1 Å². The summed E-state index contributed by atoms with van der Waals surface area (Å²) in [7, 11) is 0. The molecule has 1 aromatic carbocycles. The van der Waals surface area contributed by atoms with E-state index in [4.69, 9.17) is 9.72 Å². The number of benzene rings is 1. The number of halogens is 1. The molecule has 0 N–H and O–H groups in total. The molecule has 2 saturated heterocycles. The minimum atomic E-state index is -0.505. The van der Waals surface area contributed by atoms with Crippen molar-refractivity contribution in [2.75, 3.05) is 6.54 Å². The van der Waals surface area contributed by atoms with Gasteiger partial charge in [-0.15, -0.1) is 0 Å². The molecule has 2 fully saturated rings.